The number of ether oxygens (including phenoxy) is 3. The highest BCUT2D eigenvalue weighted by Crippen LogP contribution is 2.35. The van der Waals surface area contributed by atoms with E-state index in [-0.39, 0.29) is 36.2 Å². The van der Waals surface area contributed by atoms with Gasteiger partial charge in [-0.1, -0.05) is 0 Å². The monoisotopic (exact) mass is 475 g/mol. The molecule has 2 atom stereocenters. The second-order valence-electron chi connectivity index (χ2n) is 6.57. The smallest absolute Gasteiger partial charge is 0.191 e. The molecule has 0 bridgehead atoms. The van der Waals surface area contributed by atoms with Crippen LogP contribution in [0.2, 0.25) is 0 Å². The molecule has 2 aliphatic rings. The summed E-state index contributed by atoms with van der Waals surface area (Å²) in [7, 11) is 1.78. The molecule has 0 spiro atoms. The molecular formula is C19H30IN3O3. The molecular weight excluding hydrogens is 445 g/mol. The number of halogens is 1. The van der Waals surface area contributed by atoms with Crippen LogP contribution in [0.1, 0.15) is 37.8 Å². The average Bonchev–Trinajstić information content (AvgIpc) is 3.23. The van der Waals surface area contributed by atoms with Crippen molar-refractivity contribution < 1.29 is 14.2 Å². The van der Waals surface area contributed by atoms with Gasteiger partial charge in [0, 0.05) is 44.3 Å². The van der Waals surface area contributed by atoms with E-state index in [0.29, 0.717) is 13.2 Å². The highest BCUT2D eigenvalue weighted by atomic mass is 127. The Morgan fingerprint density at radius 2 is 2.19 bits per heavy atom. The number of nitrogens with zero attached hydrogens (tertiary/aromatic N) is 1. The van der Waals surface area contributed by atoms with Crippen LogP contribution in [0.25, 0.3) is 0 Å². The molecule has 0 saturated carbocycles. The maximum atomic E-state index is 5.88. The third-order valence-corrected chi connectivity index (χ3v) is 4.57. The summed E-state index contributed by atoms with van der Waals surface area (Å²) in [6.45, 7) is 7.02. The summed E-state index contributed by atoms with van der Waals surface area (Å²) in [6, 6.07) is 4.20. The lowest BCUT2D eigenvalue weighted by Gasteiger charge is -2.17. The maximum Gasteiger partial charge on any atom is 0.191 e. The number of hydrogen-bond donors (Lipinski definition) is 2. The molecule has 0 aromatic heterocycles. The molecule has 2 aliphatic heterocycles. The van der Waals surface area contributed by atoms with Crippen LogP contribution in [-0.4, -0.2) is 45.0 Å². The minimum atomic E-state index is 0. The molecule has 2 N–H and O–H groups in total. The van der Waals surface area contributed by atoms with E-state index in [4.69, 9.17) is 14.2 Å². The van der Waals surface area contributed by atoms with Crippen molar-refractivity contribution in [3.8, 4) is 11.5 Å². The maximum absolute atomic E-state index is 5.88. The van der Waals surface area contributed by atoms with E-state index in [2.05, 4.69) is 34.7 Å². The van der Waals surface area contributed by atoms with Crippen LogP contribution in [0.5, 0.6) is 11.5 Å². The zero-order chi connectivity index (χ0) is 17.6. The largest absolute Gasteiger partial charge is 0.494 e. The third-order valence-electron chi connectivity index (χ3n) is 4.57. The SMILES string of the molecule is CCOc1cc2c(cc1CNC(=NC)NCC1CCCO1)OC(C)C2.I. The number of aliphatic imine (C=N–C) groups is 1. The summed E-state index contributed by atoms with van der Waals surface area (Å²) in [6.07, 6.45) is 3.71. The van der Waals surface area contributed by atoms with Crippen LogP contribution in [-0.2, 0) is 17.7 Å². The van der Waals surface area contributed by atoms with E-state index in [1.54, 1.807) is 7.05 Å². The summed E-state index contributed by atoms with van der Waals surface area (Å²) in [5.74, 6) is 2.66. The molecule has 0 radical (unpaired) electrons. The lowest BCUT2D eigenvalue weighted by atomic mass is 10.1. The van der Waals surface area contributed by atoms with Crippen LogP contribution in [0.15, 0.2) is 17.1 Å². The van der Waals surface area contributed by atoms with Crippen molar-refractivity contribution in [2.75, 3.05) is 26.8 Å². The molecule has 0 amide bonds. The van der Waals surface area contributed by atoms with Crippen molar-refractivity contribution in [2.24, 2.45) is 4.99 Å². The van der Waals surface area contributed by atoms with Gasteiger partial charge in [-0.25, -0.2) is 0 Å². The number of benzene rings is 1. The van der Waals surface area contributed by atoms with Crippen molar-refractivity contribution in [1.29, 1.82) is 0 Å². The van der Waals surface area contributed by atoms with Gasteiger partial charge in [-0.05, 0) is 38.8 Å². The number of nitrogens with one attached hydrogen (secondary N) is 2. The Morgan fingerprint density at radius 3 is 2.88 bits per heavy atom. The molecule has 1 aromatic rings. The standard InChI is InChI=1S/C19H29N3O3.HI/c1-4-23-17-9-14-8-13(2)25-18(14)10-15(17)11-21-19(20-3)22-12-16-6-5-7-24-16;/h9-10,13,16H,4-8,11-12H2,1-3H3,(H2,20,21,22);1H. The molecule has 26 heavy (non-hydrogen) atoms. The molecule has 6 nitrogen and oxygen atoms in total. The van der Waals surface area contributed by atoms with Crippen molar-refractivity contribution in [2.45, 2.75) is 51.9 Å². The lowest BCUT2D eigenvalue weighted by molar-refractivity contribution is 0.114. The highest BCUT2D eigenvalue weighted by molar-refractivity contribution is 14.0. The van der Waals surface area contributed by atoms with Crippen molar-refractivity contribution >= 4 is 29.9 Å². The Hall–Kier alpha value is -1.22. The minimum Gasteiger partial charge on any atom is -0.494 e. The van der Waals surface area contributed by atoms with Crippen LogP contribution < -0.4 is 20.1 Å². The summed E-state index contributed by atoms with van der Waals surface area (Å²) in [4.78, 5) is 4.29. The average molecular weight is 475 g/mol. The summed E-state index contributed by atoms with van der Waals surface area (Å²) >= 11 is 0. The van der Waals surface area contributed by atoms with Gasteiger partial charge in [0.15, 0.2) is 5.96 Å². The van der Waals surface area contributed by atoms with Gasteiger partial charge in [0.1, 0.15) is 17.6 Å². The Bertz CT molecular complexity index is 618. The quantitative estimate of drug-likeness (QED) is 0.377. The zero-order valence-electron chi connectivity index (χ0n) is 15.8. The van der Waals surface area contributed by atoms with Gasteiger partial charge < -0.3 is 24.8 Å². The molecule has 2 heterocycles. The first kappa shape index (κ1) is 21.1. The van der Waals surface area contributed by atoms with Crippen molar-refractivity contribution in [3.05, 3.63) is 23.3 Å². The second kappa shape index (κ2) is 10.2. The van der Waals surface area contributed by atoms with Crippen LogP contribution in [0, 0.1) is 0 Å². The molecule has 7 heteroatoms. The van der Waals surface area contributed by atoms with Crippen molar-refractivity contribution in [3.63, 3.8) is 0 Å². The van der Waals surface area contributed by atoms with E-state index in [1.807, 2.05) is 6.92 Å². The number of rotatable bonds is 6. The summed E-state index contributed by atoms with van der Waals surface area (Å²) in [5, 5.41) is 6.69. The molecule has 0 aliphatic carbocycles. The van der Waals surface area contributed by atoms with E-state index in [0.717, 1.165) is 55.4 Å². The molecule has 2 unspecified atom stereocenters. The summed E-state index contributed by atoms with van der Waals surface area (Å²) in [5.41, 5.74) is 2.30. The van der Waals surface area contributed by atoms with Crippen molar-refractivity contribution in [1.82, 2.24) is 10.6 Å². The Balaban J connectivity index is 0.00000243. The number of guanidine groups is 1. The highest BCUT2D eigenvalue weighted by Gasteiger charge is 2.22. The first-order chi connectivity index (χ1) is 12.2. The molecule has 146 valence electrons. The predicted octanol–water partition coefficient (Wildman–Crippen LogP) is 2.87. The first-order valence-electron chi connectivity index (χ1n) is 9.21. The zero-order valence-corrected chi connectivity index (χ0v) is 18.2. The first-order valence-corrected chi connectivity index (χ1v) is 9.21. The van der Waals surface area contributed by atoms with Crippen LogP contribution in [0.4, 0.5) is 0 Å². The fraction of sp³-hybridized carbons (Fsp3) is 0.632. The predicted molar refractivity (Wildman–Crippen MR) is 114 cm³/mol. The molecule has 1 aromatic carbocycles. The fourth-order valence-corrected chi connectivity index (χ4v) is 3.32. The molecule has 1 fully saturated rings. The minimum absolute atomic E-state index is 0. The van der Waals surface area contributed by atoms with E-state index in [1.165, 1.54) is 5.56 Å². The Labute approximate surface area is 173 Å². The van der Waals surface area contributed by atoms with Gasteiger partial charge in [0.25, 0.3) is 0 Å². The van der Waals surface area contributed by atoms with Gasteiger partial charge in [0.05, 0.1) is 12.7 Å². The topological polar surface area (TPSA) is 64.1 Å². The van der Waals surface area contributed by atoms with E-state index in [9.17, 15) is 0 Å². The second-order valence-corrected chi connectivity index (χ2v) is 6.57. The van der Waals surface area contributed by atoms with Crippen LogP contribution >= 0.6 is 24.0 Å². The summed E-state index contributed by atoms with van der Waals surface area (Å²) < 4.78 is 17.4. The van der Waals surface area contributed by atoms with E-state index < -0.39 is 0 Å². The Morgan fingerprint density at radius 1 is 1.35 bits per heavy atom. The van der Waals surface area contributed by atoms with E-state index >= 15 is 0 Å². The fourth-order valence-electron chi connectivity index (χ4n) is 3.32. The third kappa shape index (κ3) is 5.39. The van der Waals surface area contributed by atoms with Gasteiger partial charge in [0.2, 0.25) is 0 Å². The van der Waals surface area contributed by atoms with Gasteiger partial charge in [-0.3, -0.25) is 4.99 Å². The van der Waals surface area contributed by atoms with Gasteiger partial charge >= 0.3 is 0 Å². The molecule has 1 saturated heterocycles. The number of hydrogen-bond acceptors (Lipinski definition) is 4. The normalized spacial score (nSPS) is 21.6. The molecule has 3 rings (SSSR count). The van der Waals surface area contributed by atoms with Gasteiger partial charge in [-0.2, -0.15) is 0 Å². The van der Waals surface area contributed by atoms with Crippen LogP contribution in [0.3, 0.4) is 0 Å². The lowest BCUT2D eigenvalue weighted by Crippen LogP contribution is -2.40. The van der Waals surface area contributed by atoms with Gasteiger partial charge in [-0.15, -0.1) is 24.0 Å². The number of fused-ring (bicyclic) bond motifs is 1. The Kier molecular flexibility index (Phi) is 8.27.